The van der Waals surface area contributed by atoms with E-state index < -0.39 is 0 Å². The zero-order valence-corrected chi connectivity index (χ0v) is 9.62. The molecule has 0 radical (unpaired) electrons. The Kier molecular flexibility index (Phi) is 2.48. The summed E-state index contributed by atoms with van der Waals surface area (Å²) < 4.78 is 15.1. The topological polar surface area (TPSA) is 43.8 Å². The van der Waals surface area contributed by atoms with Crippen molar-refractivity contribution in [1.29, 1.82) is 0 Å². The molecule has 0 spiro atoms. The molecule has 2 N–H and O–H groups in total. The number of nitrogens with two attached hydrogens (primary N) is 1. The Morgan fingerprint density at radius 2 is 2.20 bits per heavy atom. The minimum atomic E-state index is -0.375. The number of anilines is 1. The van der Waals surface area contributed by atoms with Crippen molar-refractivity contribution in [3.8, 4) is 5.69 Å². The summed E-state index contributed by atoms with van der Waals surface area (Å²) in [6, 6.07) is 4.74. The molecule has 1 aromatic heterocycles. The van der Waals surface area contributed by atoms with Crippen molar-refractivity contribution in [2.24, 2.45) is 0 Å². The first-order valence-corrected chi connectivity index (χ1v) is 5.14. The van der Waals surface area contributed by atoms with Crippen LogP contribution in [0.4, 0.5) is 10.1 Å². The molecule has 2 rings (SSSR count). The highest BCUT2D eigenvalue weighted by atomic mass is 79.9. The van der Waals surface area contributed by atoms with Crippen LogP contribution in [0.2, 0.25) is 0 Å². The average molecular weight is 270 g/mol. The number of nitrogen functional groups attached to an aromatic ring is 1. The maximum absolute atomic E-state index is 13.1. The van der Waals surface area contributed by atoms with Gasteiger partial charge in [0.25, 0.3) is 0 Å². The van der Waals surface area contributed by atoms with Gasteiger partial charge in [-0.3, -0.25) is 0 Å². The average Bonchev–Trinajstić information content (AvgIpc) is 2.58. The van der Waals surface area contributed by atoms with Crippen molar-refractivity contribution in [1.82, 2.24) is 9.78 Å². The molecule has 0 amide bonds. The lowest BCUT2D eigenvalue weighted by Crippen LogP contribution is -2.01. The number of nitrogens with zero attached hydrogens (tertiary/aromatic N) is 2. The van der Waals surface area contributed by atoms with Crippen LogP contribution in [0.15, 0.2) is 28.9 Å². The number of halogens is 2. The van der Waals surface area contributed by atoms with Gasteiger partial charge in [-0.1, -0.05) is 0 Å². The third-order valence-corrected chi connectivity index (χ3v) is 2.65. The molecule has 0 bridgehead atoms. The molecular weight excluding hydrogens is 261 g/mol. The van der Waals surface area contributed by atoms with Crippen LogP contribution in [0, 0.1) is 12.7 Å². The molecule has 1 heterocycles. The van der Waals surface area contributed by atoms with E-state index in [0.717, 1.165) is 5.69 Å². The summed E-state index contributed by atoms with van der Waals surface area (Å²) >= 11 is 3.11. The summed E-state index contributed by atoms with van der Waals surface area (Å²) in [6.45, 7) is 1.88. The SMILES string of the molecule is Cc1ccn(-c2cc(Br)c(F)cc2N)n1. The van der Waals surface area contributed by atoms with Crippen molar-refractivity contribution in [3.05, 3.63) is 40.4 Å². The normalized spacial score (nSPS) is 10.6. The fourth-order valence-corrected chi connectivity index (χ4v) is 1.63. The summed E-state index contributed by atoms with van der Waals surface area (Å²) in [5, 5.41) is 4.21. The van der Waals surface area contributed by atoms with Crippen molar-refractivity contribution in [2.75, 3.05) is 5.73 Å². The minimum Gasteiger partial charge on any atom is -0.397 e. The van der Waals surface area contributed by atoms with E-state index in [9.17, 15) is 4.39 Å². The molecule has 0 unspecified atom stereocenters. The molecule has 0 fully saturated rings. The van der Waals surface area contributed by atoms with Gasteiger partial charge in [0.05, 0.1) is 21.5 Å². The fraction of sp³-hybridized carbons (Fsp3) is 0.100. The predicted octanol–water partition coefficient (Wildman–Crippen LogP) is 2.66. The van der Waals surface area contributed by atoms with E-state index in [1.807, 2.05) is 13.0 Å². The van der Waals surface area contributed by atoms with Crippen LogP contribution in [0.3, 0.4) is 0 Å². The Bertz CT molecular complexity index is 507. The van der Waals surface area contributed by atoms with Crippen LogP contribution in [-0.4, -0.2) is 9.78 Å². The van der Waals surface area contributed by atoms with E-state index in [1.165, 1.54) is 6.07 Å². The fourth-order valence-electron chi connectivity index (χ4n) is 1.30. The molecular formula is C10H9BrFN3. The van der Waals surface area contributed by atoms with Crippen LogP contribution in [0.5, 0.6) is 0 Å². The molecule has 3 nitrogen and oxygen atoms in total. The van der Waals surface area contributed by atoms with Gasteiger partial charge in [0, 0.05) is 12.3 Å². The molecule has 0 aliphatic rings. The zero-order valence-electron chi connectivity index (χ0n) is 8.04. The van der Waals surface area contributed by atoms with Crippen LogP contribution < -0.4 is 5.73 Å². The maximum Gasteiger partial charge on any atom is 0.139 e. The van der Waals surface area contributed by atoms with E-state index in [1.54, 1.807) is 16.9 Å². The minimum absolute atomic E-state index is 0.360. The molecule has 0 atom stereocenters. The predicted molar refractivity (Wildman–Crippen MR) is 60.4 cm³/mol. The maximum atomic E-state index is 13.1. The van der Waals surface area contributed by atoms with Crippen molar-refractivity contribution in [3.63, 3.8) is 0 Å². The first-order chi connectivity index (χ1) is 7.08. The third-order valence-electron chi connectivity index (χ3n) is 2.04. The van der Waals surface area contributed by atoms with Crippen LogP contribution in [0.1, 0.15) is 5.69 Å². The molecule has 5 heteroatoms. The molecule has 78 valence electrons. The molecule has 1 aromatic carbocycles. The van der Waals surface area contributed by atoms with Crippen molar-refractivity contribution in [2.45, 2.75) is 6.92 Å². The number of hydrogen-bond donors (Lipinski definition) is 1. The molecule has 0 aliphatic heterocycles. The zero-order chi connectivity index (χ0) is 11.0. The van der Waals surface area contributed by atoms with Gasteiger partial charge in [-0.25, -0.2) is 9.07 Å². The van der Waals surface area contributed by atoms with Gasteiger partial charge in [0.15, 0.2) is 0 Å². The van der Waals surface area contributed by atoms with Gasteiger partial charge >= 0.3 is 0 Å². The number of rotatable bonds is 1. The second-order valence-corrected chi connectivity index (χ2v) is 4.08. The lowest BCUT2D eigenvalue weighted by molar-refractivity contribution is 0.621. The van der Waals surface area contributed by atoms with Gasteiger partial charge in [-0.2, -0.15) is 5.10 Å². The smallest absolute Gasteiger partial charge is 0.139 e. The van der Waals surface area contributed by atoms with Crippen LogP contribution in [0.25, 0.3) is 5.69 Å². The highest BCUT2D eigenvalue weighted by Crippen LogP contribution is 2.25. The van der Waals surface area contributed by atoms with Gasteiger partial charge in [0.1, 0.15) is 5.82 Å². The largest absolute Gasteiger partial charge is 0.397 e. The summed E-state index contributed by atoms with van der Waals surface area (Å²) in [7, 11) is 0. The lowest BCUT2D eigenvalue weighted by Gasteiger charge is -2.06. The Morgan fingerprint density at radius 3 is 2.80 bits per heavy atom. The van der Waals surface area contributed by atoms with E-state index in [2.05, 4.69) is 21.0 Å². The highest BCUT2D eigenvalue weighted by molar-refractivity contribution is 9.10. The van der Waals surface area contributed by atoms with Gasteiger partial charge < -0.3 is 5.73 Å². The van der Waals surface area contributed by atoms with E-state index in [4.69, 9.17) is 5.73 Å². The number of hydrogen-bond acceptors (Lipinski definition) is 2. The summed E-state index contributed by atoms with van der Waals surface area (Å²) in [5.41, 5.74) is 7.62. The quantitative estimate of drug-likeness (QED) is 0.809. The van der Waals surface area contributed by atoms with Gasteiger partial charge in [-0.15, -0.1) is 0 Å². The Balaban J connectivity index is 2.58. The molecule has 0 saturated carbocycles. The first kappa shape index (κ1) is 10.2. The highest BCUT2D eigenvalue weighted by Gasteiger charge is 2.08. The number of aromatic nitrogens is 2. The standard InChI is InChI=1S/C10H9BrFN3/c1-6-2-3-15(14-6)10-4-7(11)8(12)5-9(10)13/h2-5H,13H2,1H3. The second-order valence-electron chi connectivity index (χ2n) is 3.23. The third kappa shape index (κ3) is 1.87. The Morgan fingerprint density at radius 1 is 1.47 bits per heavy atom. The summed E-state index contributed by atoms with van der Waals surface area (Å²) in [6.07, 6.45) is 1.78. The van der Waals surface area contributed by atoms with E-state index in [0.29, 0.717) is 15.8 Å². The Hall–Kier alpha value is -1.36. The first-order valence-electron chi connectivity index (χ1n) is 4.35. The van der Waals surface area contributed by atoms with Gasteiger partial charge in [0.2, 0.25) is 0 Å². The lowest BCUT2D eigenvalue weighted by atomic mass is 10.2. The van der Waals surface area contributed by atoms with Gasteiger partial charge in [-0.05, 0) is 35.0 Å². The van der Waals surface area contributed by atoms with Crippen molar-refractivity contribution >= 4 is 21.6 Å². The van der Waals surface area contributed by atoms with Crippen molar-refractivity contribution < 1.29 is 4.39 Å². The second kappa shape index (κ2) is 3.66. The number of benzene rings is 1. The molecule has 0 saturated heterocycles. The summed E-state index contributed by atoms with van der Waals surface area (Å²) in [4.78, 5) is 0. The van der Waals surface area contributed by atoms with Crippen LogP contribution in [-0.2, 0) is 0 Å². The molecule has 15 heavy (non-hydrogen) atoms. The van der Waals surface area contributed by atoms with E-state index in [-0.39, 0.29) is 5.82 Å². The number of aryl methyl sites for hydroxylation is 1. The summed E-state index contributed by atoms with van der Waals surface area (Å²) in [5.74, 6) is -0.375. The monoisotopic (exact) mass is 269 g/mol. The molecule has 0 aliphatic carbocycles. The van der Waals surface area contributed by atoms with E-state index >= 15 is 0 Å². The Labute approximate surface area is 94.8 Å². The van der Waals surface area contributed by atoms with Crippen LogP contribution >= 0.6 is 15.9 Å². The molecule has 2 aromatic rings.